The van der Waals surface area contributed by atoms with Crippen LogP contribution in [0, 0.1) is 6.92 Å². The number of unbranched alkanes of at least 4 members (excludes halogenated alkanes) is 1. The van der Waals surface area contributed by atoms with Crippen molar-refractivity contribution in [2.45, 2.75) is 52.2 Å². The third-order valence-electron chi connectivity index (χ3n) is 3.50. The Hall–Kier alpha value is -0.990. The molecule has 1 aromatic rings. The predicted octanol–water partition coefficient (Wildman–Crippen LogP) is 1.49. The number of hydrogen-bond acceptors (Lipinski definition) is 6. The maximum atomic E-state index is 12.2. The number of piperidine rings is 1. The van der Waals surface area contributed by atoms with Gasteiger partial charge < -0.3 is 9.26 Å². The highest BCUT2D eigenvalue weighted by molar-refractivity contribution is 7.89. The van der Waals surface area contributed by atoms with E-state index in [2.05, 4.69) is 10.1 Å². The second-order valence-electron chi connectivity index (χ2n) is 5.34. The summed E-state index contributed by atoms with van der Waals surface area (Å²) >= 11 is 0. The maximum Gasteiger partial charge on any atom is 0.252 e. The lowest BCUT2D eigenvalue weighted by Gasteiger charge is -2.31. The topological polar surface area (TPSA) is 85.5 Å². The Morgan fingerprint density at radius 2 is 2.29 bits per heavy atom. The molecule has 1 aromatic heterocycles. The van der Waals surface area contributed by atoms with Crippen LogP contribution in [0.2, 0.25) is 0 Å². The molecular formula is C13H23N3O4S. The summed E-state index contributed by atoms with van der Waals surface area (Å²) in [6, 6.07) is 0. The average Bonchev–Trinajstić information content (AvgIpc) is 2.89. The van der Waals surface area contributed by atoms with E-state index in [0.717, 1.165) is 19.3 Å². The average molecular weight is 317 g/mol. The van der Waals surface area contributed by atoms with Crippen LogP contribution in [-0.4, -0.2) is 47.8 Å². The van der Waals surface area contributed by atoms with Crippen LogP contribution in [0.15, 0.2) is 4.52 Å². The number of hydrogen-bond donors (Lipinski definition) is 0. The first-order valence-electron chi connectivity index (χ1n) is 7.40. The number of sulfonamides is 1. The molecule has 7 nitrogen and oxygen atoms in total. The van der Waals surface area contributed by atoms with Gasteiger partial charge in [-0.1, -0.05) is 18.5 Å². The van der Waals surface area contributed by atoms with Crippen molar-refractivity contribution in [3.8, 4) is 0 Å². The largest absolute Gasteiger partial charge is 0.367 e. The number of aromatic nitrogens is 2. The Morgan fingerprint density at radius 3 is 2.95 bits per heavy atom. The van der Waals surface area contributed by atoms with Crippen molar-refractivity contribution < 1.29 is 17.7 Å². The van der Waals surface area contributed by atoms with Gasteiger partial charge in [0.25, 0.3) is 5.89 Å². The SMILES string of the molecule is CCCCS(=O)(=O)N1CCCC(OCc2nc(C)no2)C1. The fourth-order valence-corrected chi connectivity index (χ4v) is 4.05. The van der Waals surface area contributed by atoms with Crippen molar-refractivity contribution in [2.75, 3.05) is 18.8 Å². The Labute approximate surface area is 125 Å². The van der Waals surface area contributed by atoms with Gasteiger partial charge in [0.2, 0.25) is 10.0 Å². The smallest absolute Gasteiger partial charge is 0.252 e. The molecule has 0 amide bonds. The lowest BCUT2D eigenvalue weighted by atomic mass is 10.1. The number of rotatable bonds is 7. The van der Waals surface area contributed by atoms with E-state index < -0.39 is 10.0 Å². The van der Waals surface area contributed by atoms with Crippen LogP contribution in [-0.2, 0) is 21.4 Å². The minimum Gasteiger partial charge on any atom is -0.367 e. The van der Waals surface area contributed by atoms with Gasteiger partial charge in [0.15, 0.2) is 5.82 Å². The fraction of sp³-hybridized carbons (Fsp3) is 0.846. The Kier molecular flexibility index (Phi) is 5.72. The quantitative estimate of drug-likeness (QED) is 0.757. The van der Waals surface area contributed by atoms with Gasteiger partial charge in [-0.2, -0.15) is 9.29 Å². The summed E-state index contributed by atoms with van der Waals surface area (Å²) in [4.78, 5) is 4.07. The van der Waals surface area contributed by atoms with E-state index in [-0.39, 0.29) is 18.5 Å². The van der Waals surface area contributed by atoms with Crippen LogP contribution in [0.5, 0.6) is 0 Å². The normalized spacial score (nSPS) is 20.8. The van der Waals surface area contributed by atoms with Gasteiger partial charge in [-0.15, -0.1) is 0 Å². The van der Waals surface area contributed by atoms with Crippen molar-refractivity contribution in [1.82, 2.24) is 14.4 Å². The van der Waals surface area contributed by atoms with E-state index >= 15 is 0 Å². The number of aryl methyl sites for hydroxylation is 1. The molecule has 2 heterocycles. The highest BCUT2D eigenvalue weighted by atomic mass is 32.2. The van der Waals surface area contributed by atoms with Crippen LogP contribution in [0.25, 0.3) is 0 Å². The lowest BCUT2D eigenvalue weighted by Crippen LogP contribution is -2.44. The highest BCUT2D eigenvalue weighted by Gasteiger charge is 2.29. The summed E-state index contributed by atoms with van der Waals surface area (Å²) in [5.41, 5.74) is 0. The standard InChI is InChI=1S/C13H23N3O4S/c1-3-4-8-21(17,18)16-7-5-6-12(9-16)19-10-13-14-11(2)15-20-13/h12H,3-10H2,1-2H3. The third-order valence-corrected chi connectivity index (χ3v) is 5.43. The molecule has 1 aliphatic heterocycles. The molecule has 1 saturated heterocycles. The second-order valence-corrected chi connectivity index (χ2v) is 7.43. The molecule has 1 unspecified atom stereocenters. The lowest BCUT2D eigenvalue weighted by molar-refractivity contribution is -0.00295. The van der Waals surface area contributed by atoms with Gasteiger partial charge >= 0.3 is 0 Å². The number of nitrogens with zero attached hydrogens (tertiary/aromatic N) is 3. The van der Waals surface area contributed by atoms with Crippen molar-refractivity contribution >= 4 is 10.0 Å². The summed E-state index contributed by atoms with van der Waals surface area (Å²) < 4.78 is 36.6. The number of ether oxygens (including phenoxy) is 1. The molecule has 1 aliphatic rings. The zero-order valence-electron chi connectivity index (χ0n) is 12.6. The highest BCUT2D eigenvalue weighted by Crippen LogP contribution is 2.18. The summed E-state index contributed by atoms with van der Waals surface area (Å²) in [6.07, 6.45) is 3.14. The van der Waals surface area contributed by atoms with Crippen LogP contribution in [0.3, 0.4) is 0 Å². The van der Waals surface area contributed by atoms with Crippen LogP contribution in [0.4, 0.5) is 0 Å². The first kappa shape index (κ1) is 16.4. The molecule has 120 valence electrons. The van der Waals surface area contributed by atoms with Crippen molar-refractivity contribution in [3.05, 3.63) is 11.7 Å². The van der Waals surface area contributed by atoms with E-state index in [1.165, 1.54) is 0 Å². The van der Waals surface area contributed by atoms with Gasteiger partial charge in [0, 0.05) is 13.1 Å². The van der Waals surface area contributed by atoms with Gasteiger partial charge in [-0.05, 0) is 26.2 Å². The van der Waals surface area contributed by atoms with Gasteiger partial charge in [-0.25, -0.2) is 8.42 Å². The van der Waals surface area contributed by atoms with E-state index in [1.807, 2.05) is 6.92 Å². The monoisotopic (exact) mass is 317 g/mol. The van der Waals surface area contributed by atoms with E-state index in [9.17, 15) is 8.42 Å². The molecule has 0 saturated carbocycles. The molecule has 0 spiro atoms. The molecule has 0 bridgehead atoms. The first-order valence-corrected chi connectivity index (χ1v) is 9.01. The first-order chi connectivity index (χ1) is 10.0. The van der Waals surface area contributed by atoms with Crippen molar-refractivity contribution in [2.24, 2.45) is 0 Å². The van der Waals surface area contributed by atoms with E-state index in [4.69, 9.17) is 9.26 Å². The van der Waals surface area contributed by atoms with E-state index in [0.29, 0.717) is 31.2 Å². The zero-order valence-corrected chi connectivity index (χ0v) is 13.4. The molecule has 0 radical (unpaired) electrons. The Balaban J connectivity index is 1.85. The van der Waals surface area contributed by atoms with Crippen LogP contribution < -0.4 is 0 Å². The molecule has 21 heavy (non-hydrogen) atoms. The van der Waals surface area contributed by atoms with Crippen LogP contribution >= 0.6 is 0 Å². The molecular weight excluding hydrogens is 294 g/mol. The Morgan fingerprint density at radius 1 is 1.48 bits per heavy atom. The molecule has 1 atom stereocenters. The second kappa shape index (κ2) is 7.33. The van der Waals surface area contributed by atoms with E-state index in [1.54, 1.807) is 11.2 Å². The van der Waals surface area contributed by atoms with Crippen molar-refractivity contribution in [3.63, 3.8) is 0 Å². The van der Waals surface area contributed by atoms with Crippen LogP contribution in [0.1, 0.15) is 44.3 Å². The van der Waals surface area contributed by atoms with Gasteiger partial charge in [0.05, 0.1) is 11.9 Å². The predicted molar refractivity (Wildman–Crippen MR) is 77.1 cm³/mol. The molecule has 2 rings (SSSR count). The Bertz CT molecular complexity index is 543. The van der Waals surface area contributed by atoms with Crippen molar-refractivity contribution in [1.29, 1.82) is 0 Å². The summed E-state index contributed by atoms with van der Waals surface area (Å²) in [5, 5.41) is 3.70. The molecule has 1 fully saturated rings. The zero-order chi connectivity index (χ0) is 15.3. The third kappa shape index (κ3) is 4.76. The summed E-state index contributed by atoms with van der Waals surface area (Å²) in [5.74, 6) is 1.22. The summed E-state index contributed by atoms with van der Waals surface area (Å²) in [7, 11) is -3.16. The molecule has 0 N–H and O–H groups in total. The van der Waals surface area contributed by atoms with Gasteiger partial charge in [-0.3, -0.25) is 0 Å². The minimum absolute atomic E-state index is 0.109. The molecule has 0 aromatic carbocycles. The molecule has 0 aliphatic carbocycles. The van der Waals surface area contributed by atoms with Gasteiger partial charge in [0.1, 0.15) is 6.61 Å². The maximum absolute atomic E-state index is 12.2. The summed E-state index contributed by atoms with van der Waals surface area (Å²) in [6.45, 7) is 4.97. The fourth-order valence-electron chi connectivity index (χ4n) is 2.34. The molecule has 8 heteroatoms. The minimum atomic E-state index is -3.16.